The second kappa shape index (κ2) is 8.25. The van der Waals surface area contributed by atoms with Crippen LogP contribution < -0.4 is 10.1 Å². The van der Waals surface area contributed by atoms with Gasteiger partial charge in [0.25, 0.3) is 0 Å². The SMILES string of the molecule is CCCN(C(=O)CCOc1ccccc1Cl)C1CCNC1. The third kappa shape index (κ3) is 4.61. The zero-order valence-electron chi connectivity index (χ0n) is 12.5. The highest BCUT2D eigenvalue weighted by atomic mass is 35.5. The van der Waals surface area contributed by atoms with Crippen molar-refractivity contribution in [3.05, 3.63) is 29.3 Å². The molecule has 2 rings (SSSR count). The van der Waals surface area contributed by atoms with Crippen molar-refractivity contribution in [3.8, 4) is 5.75 Å². The number of nitrogens with zero attached hydrogens (tertiary/aromatic N) is 1. The van der Waals surface area contributed by atoms with Crippen LogP contribution in [0, 0.1) is 0 Å². The number of nitrogens with one attached hydrogen (secondary N) is 1. The first-order valence-corrected chi connectivity index (χ1v) is 7.97. The van der Waals surface area contributed by atoms with Crippen LogP contribution in [0.4, 0.5) is 0 Å². The number of para-hydroxylation sites is 1. The van der Waals surface area contributed by atoms with Crippen molar-refractivity contribution in [2.45, 2.75) is 32.2 Å². The van der Waals surface area contributed by atoms with Gasteiger partial charge in [-0.25, -0.2) is 0 Å². The van der Waals surface area contributed by atoms with E-state index in [9.17, 15) is 4.79 Å². The van der Waals surface area contributed by atoms with Gasteiger partial charge < -0.3 is 15.0 Å². The highest BCUT2D eigenvalue weighted by Gasteiger charge is 2.25. The molecule has 5 heteroatoms. The van der Waals surface area contributed by atoms with E-state index in [1.54, 1.807) is 6.07 Å². The van der Waals surface area contributed by atoms with Crippen LogP contribution in [0.2, 0.25) is 5.02 Å². The molecule has 1 aliphatic heterocycles. The molecule has 1 heterocycles. The van der Waals surface area contributed by atoms with Crippen LogP contribution in [0.1, 0.15) is 26.2 Å². The highest BCUT2D eigenvalue weighted by Crippen LogP contribution is 2.23. The summed E-state index contributed by atoms with van der Waals surface area (Å²) in [6.07, 6.45) is 2.41. The van der Waals surface area contributed by atoms with E-state index in [4.69, 9.17) is 16.3 Å². The molecule has 0 bridgehead atoms. The molecule has 1 aromatic carbocycles. The van der Waals surface area contributed by atoms with Crippen LogP contribution in [0.25, 0.3) is 0 Å². The number of hydrogen-bond donors (Lipinski definition) is 1. The molecule has 1 saturated heterocycles. The first-order chi connectivity index (χ1) is 10.2. The molecule has 1 amide bonds. The van der Waals surface area contributed by atoms with Gasteiger partial charge in [-0.05, 0) is 31.5 Å². The van der Waals surface area contributed by atoms with Gasteiger partial charge in [-0.2, -0.15) is 0 Å². The number of halogens is 1. The zero-order valence-corrected chi connectivity index (χ0v) is 13.2. The number of ether oxygens (including phenoxy) is 1. The van der Waals surface area contributed by atoms with E-state index in [1.807, 2.05) is 23.1 Å². The van der Waals surface area contributed by atoms with E-state index in [-0.39, 0.29) is 5.91 Å². The Morgan fingerprint density at radius 2 is 2.29 bits per heavy atom. The van der Waals surface area contributed by atoms with Crippen LogP contribution in [0.15, 0.2) is 24.3 Å². The lowest BCUT2D eigenvalue weighted by atomic mass is 10.2. The predicted molar refractivity (Wildman–Crippen MR) is 84.8 cm³/mol. The van der Waals surface area contributed by atoms with E-state index < -0.39 is 0 Å². The lowest BCUT2D eigenvalue weighted by Gasteiger charge is -2.28. The topological polar surface area (TPSA) is 41.6 Å². The van der Waals surface area contributed by atoms with Crippen LogP contribution in [-0.4, -0.2) is 43.1 Å². The van der Waals surface area contributed by atoms with Gasteiger partial charge in [0.1, 0.15) is 5.75 Å². The molecule has 0 radical (unpaired) electrons. The van der Waals surface area contributed by atoms with Crippen molar-refractivity contribution in [2.24, 2.45) is 0 Å². The Hall–Kier alpha value is -1.26. The summed E-state index contributed by atoms with van der Waals surface area (Å²) in [4.78, 5) is 14.4. The molecule has 0 spiro atoms. The summed E-state index contributed by atoms with van der Waals surface area (Å²) in [5.41, 5.74) is 0. The lowest BCUT2D eigenvalue weighted by molar-refractivity contribution is -0.133. The summed E-state index contributed by atoms with van der Waals surface area (Å²) in [5.74, 6) is 0.800. The minimum Gasteiger partial charge on any atom is -0.491 e. The van der Waals surface area contributed by atoms with Crippen LogP contribution in [0.5, 0.6) is 5.75 Å². The zero-order chi connectivity index (χ0) is 15.1. The van der Waals surface area contributed by atoms with E-state index in [0.717, 1.165) is 32.5 Å². The monoisotopic (exact) mass is 310 g/mol. The van der Waals surface area contributed by atoms with Gasteiger partial charge in [-0.3, -0.25) is 4.79 Å². The number of carbonyl (C=O) groups excluding carboxylic acids is 1. The normalized spacial score (nSPS) is 17.7. The summed E-state index contributed by atoms with van der Waals surface area (Å²) in [6, 6.07) is 7.66. The van der Waals surface area contributed by atoms with E-state index in [1.165, 1.54) is 0 Å². The van der Waals surface area contributed by atoms with Gasteiger partial charge in [-0.15, -0.1) is 0 Å². The lowest BCUT2D eigenvalue weighted by Crippen LogP contribution is -2.42. The first-order valence-electron chi connectivity index (χ1n) is 7.60. The molecule has 1 unspecified atom stereocenters. The Morgan fingerprint density at radius 3 is 2.95 bits per heavy atom. The van der Waals surface area contributed by atoms with Crippen LogP contribution in [0.3, 0.4) is 0 Å². The van der Waals surface area contributed by atoms with Crippen molar-refractivity contribution in [1.29, 1.82) is 0 Å². The molecule has 21 heavy (non-hydrogen) atoms. The fourth-order valence-electron chi connectivity index (χ4n) is 2.61. The summed E-state index contributed by atoms with van der Waals surface area (Å²) in [7, 11) is 0. The summed E-state index contributed by atoms with van der Waals surface area (Å²) in [6.45, 7) is 5.18. The number of hydrogen-bond acceptors (Lipinski definition) is 3. The van der Waals surface area contributed by atoms with Crippen molar-refractivity contribution in [2.75, 3.05) is 26.2 Å². The molecule has 1 fully saturated rings. The van der Waals surface area contributed by atoms with Gasteiger partial charge in [0, 0.05) is 19.1 Å². The third-order valence-electron chi connectivity index (χ3n) is 3.67. The average molecular weight is 311 g/mol. The molecule has 116 valence electrons. The van der Waals surface area contributed by atoms with E-state index in [0.29, 0.717) is 29.8 Å². The number of rotatable bonds is 7. The second-order valence-electron chi connectivity index (χ2n) is 5.26. The molecule has 1 atom stereocenters. The molecular weight excluding hydrogens is 288 g/mol. The van der Waals surface area contributed by atoms with Gasteiger partial charge in [-0.1, -0.05) is 30.7 Å². The Kier molecular flexibility index (Phi) is 6.33. The summed E-state index contributed by atoms with van der Waals surface area (Å²) in [5, 5.41) is 3.89. The van der Waals surface area contributed by atoms with Gasteiger partial charge in [0.2, 0.25) is 5.91 Å². The van der Waals surface area contributed by atoms with E-state index >= 15 is 0 Å². The summed E-state index contributed by atoms with van der Waals surface area (Å²) >= 11 is 6.03. The standard InChI is InChI=1S/C16H23ClN2O2/c1-2-10-19(13-7-9-18-12-13)16(20)8-11-21-15-6-4-3-5-14(15)17/h3-6,13,18H,2,7-12H2,1H3. The number of carbonyl (C=O) groups is 1. The van der Waals surface area contributed by atoms with Crippen LogP contribution in [-0.2, 0) is 4.79 Å². The van der Waals surface area contributed by atoms with Gasteiger partial charge >= 0.3 is 0 Å². The fraction of sp³-hybridized carbons (Fsp3) is 0.562. The Balaban J connectivity index is 1.83. The number of amides is 1. The maximum atomic E-state index is 12.4. The number of benzene rings is 1. The first kappa shape index (κ1) is 16.1. The minimum absolute atomic E-state index is 0.164. The molecular formula is C16H23ClN2O2. The molecule has 0 aliphatic carbocycles. The average Bonchev–Trinajstić information content (AvgIpc) is 3.00. The van der Waals surface area contributed by atoms with Crippen molar-refractivity contribution < 1.29 is 9.53 Å². The fourth-order valence-corrected chi connectivity index (χ4v) is 2.80. The quantitative estimate of drug-likeness (QED) is 0.842. The molecule has 0 aromatic heterocycles. The maximum absolute atomic E-state index is 12.4. The smallest absolute Gasteiger partial charge is 0.226 e. The van der Waals surface area contributed by atoms with E-state index in [2.05, 4.69) is 12.2 Å². The molecule has 1 aromatic rings. The van der Waals surface area contributed by atoms with Gasteiger partial charge in [0.05, 0.1) is 18.1 Å². The highest BCUT2D eigenvalue weighted by molar-refractivity contribution is 6.32. The predicted octanol–water partition coefficient (Wildman–Crippen LogP) is 2.71. The summed E-state index contributed by atoms with van der Waals surface area (Å²) < 4.78 is 5.60. The molecule has 1 N–H and O–H groups in total. The molecule has 1 aliphatic rings. The second-order valence-corrected chi connectivity index (χ2v) is 5.67. The minimum atomic E-state index is 0.164. The van der Waals surface area contributed by atoms with Crippen LogP contribution >= 0.6 is 11.6 Å². The van der Waals surface area contributed by atoms with Crippen molar-refractivity contribution in [3.63, 3.8) is 0 Å². The third-order valence-corrected chi connectivity index (χ3v) is 3.98. The maximum Gasteiger partial charge on any atom is 0.226 e. The van der Waals surface area contributed by atoms with Gasteiger partial charge in [0.15, 0.2) is 0 Å². The molecule has 4 nitrogen and oxygen atoms in total. The van der Waals surface area contributed by atoms with Crippen molar-refractivity contribution in [1.82, 2.24) is 10.2 Å². The Bertz CT molecular complexity index is 461. The Labute approximate surface area is 131 Å². The van der Waals surface area contributed by atoms with Crippen molar-refractivity contribution >= 4 is 17.5 Å². The largest absolute Gasteiger partial charge is 0.491 e. The molecule has 0 saturated carbocycles. The Morgan fingerprint density at radius 1 is 1.48 bits per heavy atom.